The van der Waals surface area contributed by atoms with Crippen LogP contribution in [0.25, 0.3) is 0 Å². The lowest BCUT2D eigenvalue weighted by Gasteiger charge is -2.19. The predicted octanol–water partition coefficient (Wildman–Crippen LogP) is 1.33. The van der Waals surface area contributed by atoms with E-state index in [1.165, 1.54) is 4.31 Å². The molecule has 1 aromatic carbocycles. The summed E-state index contributed by atoms with van der Waals surface area (Å²) in [5.74, 6) is 0.218. The van der Waals surface area contributed by atoms with Crippen molar-refractivity contribution in [3.8, 4) is 5.75 Å². The maximum absolute atomic E-state index is 12.2. The molecule has 6 heteroatoms. The Labute approximate surface area is 113 Å². The van der Waals surface area contributed by atoms with Gasteiger partial charge < -0.3 is 9.84 Å². The number of hydrogen-bond donors (Lipinski definition) is 1. The number of aromatic hydroxyl groups is 1. The fourth-order valence-corrected chi connectivity index (χ4v) is 3.43. The van der Waals surface area contributed by atoms with Crippen molar-refractivity contribution in [2.75, 3.05) is 19.4 Å². The lowest BCUT2D eigenvalue weighted by atomic mass is 10.2. The largest absolute Gasteiger partial charge is 0.508 e. The summed E-state index contributed by atoms with van der Waals surface area (Å²) in [6.45, 7) is 0.956. The Morgan fingerprint density at radius 3 is 2.63 bits per heavy atom. The number of nitrogens with zero attached hydrogens (tertiary/aromatic N) is 1. The van der Waals surface area contributed by atoms with Gasteiger partial charge in [0.25, 0.3) is 0 Å². The van der Waals surface area contributed by atoms with E-state index in [0.717, 1.165) is 18.4 Å². The molecule has 5 nitrogen and oxygen atoms in total. The van der Waals surface area contributed by atoms with Crippen LogP contribution in [0.4, 0.5) is 0 Å². The van der Waals surface area contributed by atoms with Gasteiger partial charge in [0, 0.05) is 20.2 Å². The number of phenolic OH excluding ortho intramolecular Hbond substituents is 1. The topological polar surface area (TPSA) is 66.8 Å². The van der Waals surface area contributed by atoms with E-state index >= 15 is 0 Å². The molecule has 1 heterocycles. The third kappa shape index (κ3) is 3.92. The van der Waals surface area contributed by atoms with Crippen LogP contribution in [0.3, 0.4) is 0 Å². The van der Waals surface area contributed by atoms with Crippen LogP contribution in [-0.2, 0) is 21.3 Å². The van der Waals surface area contributed by atoms with Crippen LogP contribution in [0.15, 0.2) is 24.3 Å². The van der Waals surface area contributed by atoms with Crippen molar-refractivity contribution in [3.63, 3.8) is 0 Å². The molecule has 0 bridgehead atoms. The van der Waals surface area contributed by atoms with Gasteiger partial charge in [-0.25, -0.2) is 12.7 Å². The second kappa shape index (κ2) is 5.90. The third-order valence-electron chi connectivity index (χ3n) is 3.24. The molecule has 0 aromatic heterocycles. The molecule has 1 atom stereocenters. The fourth-order valence-electron chi connectivity index (χ4n) is 2.09. The van der Waals surface area contributed by atoms with Gasteiger partial charge in [0.05, 0.1) is 11.9 Å². The maximum Gasteiger partial charge on any atom is 0.216 e. The van der Waals surface area contributed by atoms with Crippen molar-refractivity contribution < 1.29 is 18.3 Å². The van der Waals surface area contributed by atoms with Crippen molar-refractivity contribution in [1.82, 2.24) is 4.31 Å². The summed E-state index contributed by atoms with van der Waals surface area (Å²) in [5, 5.41) is 9.19. The van der Waals surface area contributed by atoms with Gasteiger partial charge in [-0.3, -0.25) is 0 Å². The monoisotopic (exact) mass is 285 g/mol. The Morgan fingerprint density at radius 1 is 1.37 bits per heavy atom. The number of rotatable bonds is 5. The summed E-state index contributed by atoms with van der Waals surface area (Å²) in [6, 6.07) is 6.53. The first kappa shape index (κ1) is 14.3. The van der Waals surface area contributed by atoms with Crippen LogP contribution >= 0.6 is 0 Å². The van der Waals surface area contributed by atoms with E-state index in [1.807, 2.05) is 0 Å². The number of phenols is 1. The van der Waals surface area contributed by atoms with Crippen molar-refractivity contribution in [2.24, 2.45) is 0 Å². The van der Waals surface area contributed by atoms with Crippen LogP contribution in [0.5, 0.6) is 5.75 Å². The summed E-state index contributed by atoms with van der Waals surface area (Å²) >= 11 is 0. The van der Waals surface area contributed by atoms with Crippen molar-refractivity contribution >= 4 is 10.0 Å². The molecule has 1 aliphatic rings. The van der Waals surface area contributed by atoms with Crippen molar-refractivity contribution in [3.05, 3.63) is 29.8 Å². The van der Waals surface area contributed by atoms with Gasteiger partial charge in [-0.1, -0.05) is 12.1 Å². The number of ether oxygens (including phenoxy) is 1. The number of sulfonamides is 1. The highest BCUT2D eigenvalue weighted by atomic mass is 32.2. The van der Waals surface area contributed by atoms with Gasteiger partial charge in [-0.05, 0) is 30.5 Å². The minimum atomic E-state index is -3.31. The van der Waals surface area contributed by atoms with E-state index in [-0.39, 0.29) is 17.6 Å². The van der Waals surface area contributed by atoms with Crippen molar-refractivity contribution in [1.29, 1.82) is 0 Å². The van der Waals surface area contributed by atoms with Gasteiger partial charge in [0.15, 0.2) is 0 Å². The van der Waals surface area contributed by atoms with E-state index in [4.69, 9.17) is 4.74 Å². The summed E-state index contributed by atoms with van der Waals surface area (Å²) in [7, 11) is -1.74. The molecule has 1 unspecified atom stereocenters. The molecular formula is C13H19NO4S. The number of hydrogen-bond acceptors (Lipinski definition) is 4. The zero-order valence-electron chi connectivity index (χ0n) is 10.9. The lowest BCUT2D eigenvalue weighted by molar-refractivity contribution is 0.126. The Balaban J connectivity index is 1.97. The smallest absolute Gasteiger partial charge is 0.216 e. The Hall–Kier alpha value is -1.11. The zero-order chi connectivity index (χ0) is 13.9. The maximum atomic E-state index is 12.2. The van der Waals surface area contributed by atoms with Crippen LogP contribution in [-0.4, -0.2) is 43.3 Å². The average molecular weight is 285 g/mol. The first-order valence-electron chi connectivity index (χ1n) is 6.31. The highest BCUT2D eigenvalue weighted by Crippen LogP contribution is 2.17. The van der Waals surface area contributed by atoms with E-state index in [9.17, 15) is 13.5 Å². The lowest BCUT2D eigenvalue weighted by Crippen LogP contribution is -2.33. The first-order valence-corrected chi connectivity index (χ1v) is 7.92. The molecule has 0 aliphatic carbocycles. The molecule has 0 saturated carbocycles. The van der Waals surface area contributed by atoms with Crippen LogP contribution in [0, 0.1) is 0 Å². The van der Waals surface area contributed by atoms with E-state index in [0.29, 0.717) is 13.2 Å². The van der Waals surface area contributed by atoms with E-state index in [2.05, 4.69) is 0 Å². The molecule has 106 valence electrons. The van der Waals surface area contributed by atoms with Gasteiger partial charge in [-0.2, -0.15) is 0 Å². The normalized spacial score (nSPS) is 20.0. The minimum Gasteiger partial charge on any atom is -0.508 e. The van der Waals surface area contributed by atoms with Crippen molar-refractivity contribution in [2.45, 2.75) is 25.5 Å². The van der Waals surface area contributed by atoms with Gasteiger partial charge in [0.1, 0.15) is 5.75 Å². The van der Waals surface area contributed by atoms with Gasteiger partial charge in [-0.15, -0.1) is 0 Å². The standard InChI is InChI=1S/C13H19NO4S/c1-14(9-11-4-6-12(15)7-5-11)19(16,17)10-13-3-2-8-18-13/h4-7,13,15H,2-3,8-10H2,1H3. The summed E-state index contributed by atoms with van der Waals surface area (Å²) in [4.78, 5) is 0. The Kier molecular flexibility index (Phi) is 4.44. The molecule has 1 N–H and O–H groups in total. The Bertz CT molecular complexity index is 506. The summed E-state index contributed by atoms with van der Waals surface area (Å²) in [5.41, 5.74) is 0.844. The molecule has 0 radical (unpaired) electrons. The molecule has 1 saturated heterocycles. The van der Waals surface area contributed by atoms with E-state index in [1.54, 1.807) is 31.3 Å². The quantitative estimate of drug-likeness (QED) is 0.886. The predicted molar refractivity (Wildman–Crippen MR) is 72.3 cm³/mol. The molecule has 0 spiro atoms. The number of benzene rings is 1. The highest BCUT2D eigenvalue weighted by Gasteiger charge is 2.26. The van der Waals surface area contributed by atoms with Crippen LogP contribution in [0.1, 0.15) is 18.4 Å². The molecular weight excluding hydrogens is 266 g/mol. The molecule has 1 fully saturated rings. The summed E-state index contributed by atoms with van der Waals surface area (Å²) < 4.78 is 31.0. The van der Waals surface area contributed by atoms with Gasteiger partial charge in [0.2, 0.25) is 10.0 Å². The first-order chi connectivity index (χ1) is 8.97. The molecule has 2 rings (SSSR count). The van der Waals surface area contributed by atoms with Gasteiger partial charge >= 0.3 is 0 Å². The third-order valence-corrected chi connectivity index (χ3v) is 5.11. The average Bonchev–Trinajstić information content (AvgIpc) is 2.84. The molecule has 1 aromatic rings. The molecule has 19 heavy (non-hydrogen) atoms. The highest BCUT2D eigenvalue weighted by molar-refractivity contribution is 7.89. The fraction of sp³-hybridized carbons (Fsp3) is 0.538. The SMILES string of the molecule is CN(Cc1ccc(O)cc1)S(=O)(=O)CC1CCCO1. The minimum absolute atomic E-state index is 0.0432. The van der Waals surface area contributed by atoms with Crippen LogP contribution in [0.2, 0.25) is 0 Å². The van der Waals surface area contributed by atoms with E-state index < -0.39 is 10.0 Å². The summed E-state index contributed by atoms with van der Waals surface area (Å²) in [6.07, 6.45) is 1.57. The molecule has 0 amide bonds. The molecule has 1 aliphatic heterocycles. The second-order valence-electron chi connectivity index (χ2n) is 4.84. The second-order valence-corrected chi connectivity index (χ2v) is 6.96. The zero-order valence-corrected chi connectivity index (χ0v) is 11.8. The van der Waals surface area contributed by atoms with Crippen LogP contribution < -0.4 is 0 Å². The Morgan fingerprint density at radius 2 is 2.05 bits per heavy atom.